The third-order valence-corrected chi connectivity index (χ3v) is 4.82. The summed E-state index contributed by atoms with van der Waals surface area (Å²) in [6.07, 6.45) is -2.28. The highest BCUT2D eigenvalue weighted by atomic mass is 32.2. The van der Waals surface area contributed by atoms with Crippen molar-refractivity contribution < 1.29 is 31.1 Å². The van der Waals surface area contributed by atoms with Crippen molar-refractivity contribution in [1.29, 1.82) is 0 Å². The van der Waals surface area contributed by atoms with Gasteiger partial charge in [-0.25, -0.2) is 8.42 Å². The van der Waals surface area contributed by atoms with Crippen LogP contribution in [0.1, 0.15) is 5.56 Å². The molecule has 0 unspecified atom stereocenters. The van der Waals surface area contributed by atoms with Crippen molar-refractivity contribution in [1.82, 2.24) is 5.32 Å². The van der Waals surface area contributed by atoms with Gasteiger partial charge in [-0.05, 0) is 48.0 Å². The zero-order chi connectivity index (χ0) is 20.8. The lowest BCUT2D eigenvalue weighted by atomic mass is 10.2. The molecular weight excluding hydrogens is 397 g/mol. The Morgan fingerprint density at radius 2 is 1.68 bits per heavy atom. The molecule has 0 radical (unpaired) electrons. The predicted molar refractivity (Wildman–Crippen MR) is 98.3 cm³/mol. The largest absolute Gasteiger partial charge is 0.497 e. The van der Waals surface area contributed by atoms with E-state index in [4.69, 9.17) is 4.74 Å². The van der Waals surface area contributed by atoms with Crippen LogP contribution >= 0.6 is 0 Å². The number of sulfonamides is 1. The van der Waals surface area contributed by atoms with E-state index in [9.17, 15) is 26.4 Å². The summed E-state index contributed by atoms with van der Waals surface area (Å²) in [4.78, 5) is 11.3. The molecule has 0 saturated heterocycles. The van der Waals surface area contributed by atoms with Crippen LogP contribution < -0.4 is 14.8 Å². The highest BCUT2D eigenvalue weighted by Gasteiger charge is 2.27. The number of rotatable bonds is 7. The number of hydrogen-bond donors (Lipinski definition) is 2. The smallest absolute Gasteiger partial charge is 0.405 e. The molecule has 0 spiro atoms. The molecule has 0 aliphatic rings. The third kappa shape index (κ3) is 6.62. The molecule has 1 amide bonds. The van der Waals surface area contributed by atoms with Gasteiger partial charge in [0.1, 0.15) is 12.3 Å². The lowest BCUT2D eigenvalue weighted by molar-refractivity contribution is -0.135. The summed E-state index contributed by atoms with van der Waals surface area (Å²) < 4.78 is 68.2. The summed E-state index contributed by atoms with van der Waals surface area (Å²) in [5, 5.41) is 1.70. The molecule has 0 bridgehead atoms. The van der Waals surface area contributed by atoms with E-state index in [-0.39, 0.29) is 4.90 Å². The summed E-state index contributed by atoms with van der Waals surface area (Å²) in [5.41, 5.74) is 0.802. The molecule has 0 aliphatic heterocycles. The van der Waals surface area contributed by atoms with Crippen LogP contribution in [0.4, 0.5) is 18.9 Å². The van der Waals surface area contributed by atoms with Crippen molar-refractivity contribution in [3.8, 4) is 5.75 Å². The maximum absolute atomic E-state index is 12.4. The Labute approximate surface area is 160 Å². The number of alkyl halides is 3. The molecular formula is C18H17F3N2O4S. The van der Waals surface area contributed by atoms with Crippen LogP contribution in [-0.2, 0) is 14.8 Å². The SMILES string of the molecule is COc1ccc(NS(=O)(=O)c2ccc(/C=C/C(=O)NCC(F)(F)F)cc2)cc1. The Bertz CT molecular complexity index is 938. The van der Waals surface area contributed by atoms with Crippen molar-refractivity contribution in [2.75, 3.05) is 18.4 Å². The Hall–Kier alpha value is -3.01. The number of halogens is 3. The number of carbonyl (C=O) groups is 1. The van der Waals surface area contributed by atoms with Crippen LogP contribution in [0.3, 0.4) is 0 Å². The van der Waals surface area contributed by atoms with Gasteiger partial charge >= 0.3 is 6.18 Å². The number of methoxy groups -OCH3 is 1. The number of benzene rings is 2. The van der Waals surface area contributed by atoms with Crippen LogP contribution in [-0.4, -0.2) is 34.2 Å². The fourth-order valence-electron chi connectivity index (χ4n) is 2.05. The molecule has 28 heavy (non-hydrogen) atoms. The first-order chi connectivity index (χ1) is 13.1. The molecule has 2 N–H and O–H groups in total. The van der Waals surface area contributed by atoms with E-state index in [1.165, 1.54) is 37.5 Å². The summed E-state index contributed by atoms with van der Waals surface area (Å²) in [6.45, 7) is -1.43. The lowest BCUT2D eigenvalue weighted by Gasteiger charge is -2.09. The van der Waals surface area contributed by atoms with Gasteiger partial charge in [-0.15, -0.1) is 0 Å². The molecule has 0 aliphatic carbocycles. The minimum atomic E-state index is -4.49. The van der Waals surface area contributed by atoms with Crippen LogP contribution in [0.5, 0.6) is 5.75 Å². The van der Waals surface area contributed by atoms with Gasteiger partial charge in [0.05, 0.1) is 12.0 Å². The first kappa shape index (κ1) is 21.3. The maximum atomic E-state index is 12.4. The third-order valence-electron chi connectivity index (χ3n) is 3.42. The highest BCUT2D eigenvalue weighted by Crippen LogP contribution is 2.20. The fraction of sp³-hybridized carbons (Fsp3) is 0.167. The number of amides is 1. The molecule has 0 heterocycles. The Morgan fingerprint density at radius 3 is 2.21 bits per heavy atom. The Kier molecular flexibility index (Phi) is 6.68. The van der Waals surface area contributed by atoms with Crippen molar-refractivity contribution >= 4 is 27.7 Å². The van der Waals surface area contributed by atoms with E-state index in [1.807, 2.05) is 0 Å². The maximum Gasteiger partial charge on any atom is 0.405 e. The number of anilines is 1. The fourth-order valence-corrected chi connectivity index (χ4v) is 3.11. The van der Waals surface area contributed by atoms with Gasteiger partial charge in [-0.2, -0.15) is 13.2 Å². The van der Waals surface area contributed by atoms with Gasteiger partial charge < -0.3 is 10.1 Å². The molecule has 0 saturated carbocycles. The highest BCUT2D eigenvalue weighted by molar-refractivity contribution is 7.92. The van der Waals surface area contributed by atoms with Gasteiger partial charge in [0.25, 0.3) is 10.0 Å². The topological polar surface area (TPSA) is 84.5 Å². The van der Waals surface area contributed by atoms with E-state index >= 15 is 0 Å². The number of nitrogens with one attached hydrogen (secondary N) is 2. The second kappa shape index (κ2) is 8.79. The zero-order valence-corrected chi connectivity index (χ0v) is 15.5. The van der Waals surface area contributed by atoms with Crippen LogP contribution in [0.15, 0.2) is 59.5 Å². The molecule has 0 atom stereocenters. The van der Waals surface area contributed by atoms with Crippen molar-refractivity contribution in [3.63, 3.8) is 0 Å². The second-order valence-corrected chi connectivity index (χ2v) is 7.25. The first-order valence-corrected chi connectivity index (χ1v) is 9.37. The Morgan fingerprint density at radius 1 is 1.07 bits per heavy atom. The van der Waals surface area contributed by atoms with Crippen molar-refractivity contribution in [2.24, 2.45) is 0 Å². The number of carbonyl (C=O) groups excluding carboxylic acids is 1. The number of ether oxygens (including phenoxy) is 1. The molecule has 0 aromatic heterocycles. The molecule has 6 nitrogen and oxygen atoms in total. The van der Waals surface area contributed by atoms with E-state index in [1.54, 1.807) is 29.6 Å². The van der Waals surface area contributed by atoms with Gasteiger partial charge in [0.15, 0.2) is 0 Å². The normalized spacial score (nSPS) is 12.0. The second-order valence-electron chi connectivity index (χ2n) is 5.57. The quantitative estimate of drug-likeness (QED) is 0.682. The summed E-state index contributed by atoms with van der Waals surface area (Å²) in [7, 11) is -2.33. The average Bonchev–Trinajstić information content (AvgIpc) is 2.65. The molecule has 2 aromatic rings. The summed E-state index contributed by atoms with van der Waals surface area (Å²) >= 11 is 0. The first-order valence-electron chi connectivity index (χ1n) is 7.89. The van der Waals surface area contributed by atoms with Crippen LogP contribution in [0, 0.1) is 0 Å². The summed E-state index contributed by atoms with van der Waals surface area (Å²) in [5.74, 6) is -0.325. The molecule has 150 valence electrons. The van der Waals surface area contributed by atoms with E-state index in [2.05, 4.69) is 4.72 Å². The number of hydrogen-bond acceptors (Lipinski definition) is 4. The minimum Gasteiger partial charge on any atom is -0.497 e. The van der Waals surface area contributed by atoms with Gasteiger partial charge in [-0.1, -0.05) is 12.1 Å². The van der Waals surface area contributed by atoms with Crippen molar-refractivity contribution in [2.45, 2.75) is 11.1 Å². The van der Waals surface area contributed by atoms with Gasteiger partial charge in [0.2, 0.25) is 5.91 Å². The predicted octanol–water partition coefficient (Wildman–Crippen LogP) is 3.19. The average molecular weight is 414 g/mol. The van der Waals surface area contributed by atoms with Gasteiger partial charge in [0, 0.05) is 11.8 Å². The van der Waals surface area contributed by atoms with Crippen LogP contribution in [0.2, 0.25) is 0 Å². The van der Waals surface area contributed by atoms with Gasteiger partial charge in [-0.3, -0.25) is 9.52 Å². The summed E-state index contributed by atoms with van der Waals surface area (Å²) in [6, 6.07) is 11.8. The lowest BCUT2D eigenvalue weighted by Crippen LogP contribution is -2.32. The van der Waals surface area contributed by atoms with Crippen molar-refractivity contribution in [3.05, 3.63) is 60.2 Å². The van der Waals surface area contributed by atoms with E-state index in [0.717, 1.165) is 6.08 Å². The van der Waals surface area contributed by atoms with E-state index in [0.29, 0.717) is 17.0 Å². The van der Waals surface area contributed by atoms with E-state index < -0.39 is 28.7 Å². The standard InChI is InChI=1S/C18H17F3N2O4S/c1-27-15-7-5-14(6-8-15)23-28(25,26)16-9-2-13(3-10-16)4-11-17(24)22-12-18(19,20)21/h2-11,23H,12H2,1H3,(H,22,24)/b11-4+. The Balaban J connectivity index is 2.02. The monoisotopic (exact) mass is 414 g/mol. The molecule has 10 heteroatoms. The minimum absolute atomic E-state index is 0.0120. The molecule has 2 rings (SSSR count). The van der Waals surface area contributed by atoms with Crippen LogP contribution in [0.25, 0.3) is 6.08 Å². The zero-order valence-electron chi connectivity index (χ0n) is 14.7. The molecule has 2 aromatic carbocycles. The molecule has 0 fully saturated rings.